The summed E-state index contributed by atoms with van der Waals surface area (Å²) in [5, 5.41) is 1.19. The van der Waals surface area contributed by atoms with Gasteiger partial charge in [-0.1, -0.05) is 18.2 Å². The Labute approximate surface area is 81.9 Å². The van der Waals surface area contributed by atoms with Gasteiger partial charge in [0, 0.05) is 11.7 Å². The average molecular weight is 185 g/mol. The Morgan fingerprint density at radius 2 is 2.14 bits per heavy atom. The minimum atomic E-state index is -0.176. The van der Waals surface area contributed by atoms with Gasteiger partial charge in [0.25, 0.3) is 0 Å². The Morgan fingerprint density at radius 3 is 2.86 bits per heavy atom. The van der Waals surface area contributed by atoms with Crippen molar-refractivity contribution in [1.82, 2.24) is 4.98 Å². The Hall–Kier alpha value is -1.57. The summed E-state index contributed by atoms with van der Waals surface area (Å²) >= 11 is 0. The highest BCUT2D eigenvalue weighted by Gasteiger charge is 2.45. The first-order valence-corrected chi connectivity index (χ1v) is 4.89. The van der Waals surface area contributed by atoms with E-state index in [1.54, 1.807) is 0 Å². The molecule has 1 aromatic heterocycles. The van der Waals surface area contributed by atoms with Crippen molar-refractivity contribution in [2.75, 3.05) is 0 Å². The largest absolute Gasteiger partial charge is 0.361 e. The van der Waals surface area contributed by atoms with Crippen molar-refractivity contribution >= 4 is 17.2 Å². The molecule has 0 unspecified atom stereocenters. The predicted octanol–water partition coefficient (Wildman–Crippen LogP) is 2.40. The highest BCUT2D eigenvalue weighted by atomic mass is 16.1. The Kier molecular flexibility index (Phi) is 1.38. The lowest BCUT2D eigenvalue weighted by Crippen LogP contribution is -2.08. The number of para-hydroxylation sites is 1. The zero-order valence-corrected chi connectivity index (χ0v) is 7.79. The minimum Gasteiger partial charge on any atom is -0.361 e. The van der Waals surface area contributed by atoms with Gasteiger partial charge in [-0.25, -0.2) is 0 Å². The second kappa shape index (κ2) is 2.47. The molecule has 2 aromatic rings. The van der Waals surface area contributed by atoms with Crippen LogP contribution in [-0.2, 0) is 10.2 Å². The quantitative estimate of drug-likeness (QED) is 0.716. The summed E-state index contributed by atoms with van der Waals surface area (Å²) in [7, 11) is 0. The van der Waals surface area contributed by atoms with Crippen LogP contribution in [0.1, 0.15) is 18.4 Å². The fraction of sp³-hybridized carbons (Fsp3) is 0.250. The maximum absolute atomic E-state index is 11.0. The number of hydrogen-bond donors (Lipinski definition) is 1. The van der Waals surface area contributed by atoms with Gasteiger partial charge in [-0.3, -0.25) is 0 Å². The molecule has 3 rings (SSSR count). The number of aromatic nitrogens is 1. The Morgan fingerprint density at radius 1 is 1.29 bits per heavy atom. The number of benzene rings is 1. The third-order valence-electron chi connectivity index (χ3n) is 3.14. The van der Waals surface area contributed by atoms with E-state index in [1.165, 1.54) is 5.39 Å². The van der Waals surface area contributed by atoms with Crippen LogP contribution in [0.15, 0.2) is 30.5 Å². The Balaban J connectivity index is 2.30. The van der Waals surface area contributed by atoms with Crippen LogP contribution in [0.4, 0.5) is 0 Å². The van der Waals surface area contributed by atoms with Crippen LogP contribution in [0.5, 0.6) is 0 Å². The fourth-order valence-electron chi connectivity index (χ4n) is 2.09. The minimum absolute atomic E-state index is 0.176. The SMILES string of the molecule is O=CC1(c2cccc3cc[nH]c23)CC1. The molecule has 0 atom stereocenters. The fourth-order valence-corrected chi connectivity index (χ4v) is 2.09. The molecule has 2 heteroatoms. The molecule has 1 heterocycles. The summed E-state index contributed by atoms with van der Waals surface area (Å²) in [6.45, 7) is 0. The summed E-state index contributed by atoms with van der Waals surface area (Å²) in [5.74, 6) is 0. The van der Waals surface area contributed by atoms with Gasteiger partial charge in [-0.2, -0.15) is 0 Å². The number of H-pyrrole nitrogens is 1. The lowest BCUT2D eigenvalue weighted by atomic mass is 9.96. The number of hydrogen-bond acceptors (Lipinski definition) is 1. The van der Waals surface area contributed by atoms with Gasteiger partial charge in [0.2, 0.25) is 0 Å². The Bertz CT molecular complexity index is 494. The van der Waals surface area contributed by atoms with Crippen molar-refractivity contribution < 1.29 is 4.79 Å². The smallest absolute Gasteiger partial charge is 0.130 e. The molecular formula is C12H11NO. The van der Waals surface area contributed by atoms with E-state index in [0.29, 0.717) is 0 Å². The number of carbonyl (C=O) groups is 1. The third kappa shape index (κ3) is 0.882. The van der Waals surface area contributed by atoms with E-state index >= 15 is 0 Å². The number of carbonyl (C=O) groups excluding carboxylic acids is 1. The molecular weight excluding hydrogens is 174 g/mol. The molecule has 2 nitrogen and oxygen atoms in total. The third-order valence-corrected chi connectivity index (χ3v) is 3.14. The van der Waals surface area contributed by atoms with Crippen LogP contribution in [0.2, 0.25) is 0 Å². The van der Waals surface area contributed by atoms with Gasteiger partial charge in [-0.15, -0.1) is 0 Å². The molecule has 0 saturated heterocycles. The van der Waals surface area contributed by atoms with Gasteiger partial charge in [0.1, 0.15) is 6.29 Å². The normalized spacial score (nSPS) is 18.3. The van der Waals surface area contributed by atoms with E-state index in [4.69, 9.17) is 0 Å². The summed E-state index contributed by atoms with van der Waals surface area (Å²) in [6.07, 6.45) is 5.01. The van der Waals surface area contributed by atoms with E-state index < -0.39 is 0 Å². The molecule has 70 valence electrons. The van der Waals surface area contributed by atoms with Gasteiger partial charge in [0.15, 0.2) is 0 Å². The van der Waals surface area contributed by atoms with Gasteiger partial charge in [0.05, 0.1) is 5.41 Å². The summed E-state index contributed by atoms with van der Waals surface area (Å²) < 4.78 is 0. The zero-order valence-electron chi connectivity index (χ0n) is 7.79. The number of fused-ring (bicyclic) bond motifs is 1. The number of rotatable bonds is 2. The lowest BCUT2D eigenvalue weighted by Gasteiger charge is -2.08. The van der Waals surface area contributed by atoms with Crippen LogP contribution in [0, 0.1) is 0 Å². The predicted molar refractivity (Wildman–Crippen MR) is 55.3 cm³/mol. The standard InChI is InChI=1S/C12H11NO/c14-8-12(5-6-12)10-3-1-2-9-4-7-13-11(9)10/h1-4,7-8,13H,5-6H2. The van der Waals surface area contributed by atoms with E-state index in [0.717, 1.165) is 30.2 Å². The molecule has 0 aliphatic heterocycles. The first kappa shape index (κ1) is 7.80. The first-order valence-electron chi connectivity index (χ1n) is 4.89. The maximum atomic E-state index is 11.0. The number of aromatic amines is 1. The second-order valence-corrected chi connectivity index (χ2v) is 4.02. The van der Waals surface area contributed by atoms with E-state index in [-0.39, 0.29) is 5.41 Å². The highest BCUT2D eigenvalue weighted by Crippen LogP contribution is 2.48. The molecule has 1 aliphatic carbocycles. The van der Waals surface area contributed by atoms with Crippen molar-refractivity contribution in [3.05, 3.63) is 36.0 Å². The zero-order chi connectivity index (χ0) is 9.60. The molecule has 1 saturated carbocycles. The lowest BCUT2D eigenvalue weighted by molar-refractivity contribution is -0.109. The average Bonchev–Trinajstić information content (AvgIpc) is 2.87. The molecule has 0 spiro atoms. The van der Waals surface area contributed by atoms with Crippen LogP contribution in [0.3, 0.4) is 0 Å². The molecule has 1 fully saturated rings. The van der Waals surface area contributed by atoms with Crippen LogP contribution in [0.25, 0.3) is 10.9 Å². The number of nitrogens with one attached hydrogen (secondary N) is 1. The molecule has 0 radical (unpaired) electrons. The van der Waals surface area contributed by atoms with E-state index in [9.17, 15) is 4.79 Å². The van der Waals surface area contributed by atoms with Crippen molar-refractivity contribution in [2.24, 2.45) is 0 Å². The molecule has 0 amide bonds. The van der Waals surface area contributed by atoms with Gasteiger partial charge < -0.3 is 9.78 Å². The molecule has 1 N–H and O–H groups in total. The van der Waals surface area contributed by atoms with E-state index in [2.05, 4.69) is 17.1 Å². The first-order chi connectivity index (χ1) is 6.86. The van der Waals surface area contributed by atoms with Crippen molar-refractivity contribution in [1.29, 1.82) is 0 Å². The topological polar surface area (TPSA) is 32.9 Å². The molecule has 1 aliphatic rings. The summed E-state index contributed by atoms with van der Waals surface area (Å²) in [4.78, 5) is 14.3. The van der Waals surface area contributed by atoms with Crippen LogP contribution in [-0.4, -0.2) is 11.3 Å². The van der Waals surface area contributed by atoms with Gasteiger partial charge >= 0.3 is 0 Å². The number of aldehydes is 1. The van der Waals surface area contributed by atoms with Crippen LogP contribution >= 0.6 is 0 Å². The molecule has 14 heavy (non-hydrogen) atoms. The highest BCUT2D eigenvalue weighted by molar-refractivity contribution is 5.89. The second-order valence-electron chi connectivity index (χ2n) is 4.02. The maximum Gasteiger partial charge on any atom is 0.130 e. The monoisotopic (exact) mass is 185 g/mol. The van der Waals surface area contributed by atoms with Crippen molar-refractivity contribution in [3.63, 3.8) is 0 Å². The van der Waals surface area contributed by atoms with Crippen molar-refractivity contribution in [2.45, 2.75) is 18.3 Å². The van der Waals surface area contributed by atoms with Crippen molar-refractivity contribution in [3.8, 4) is 0 Å². The summed E-state index contributed by atoms with van der Waals surface area (Å²) in [6, 6.07) is 8.19. The molecule has 0 bridgehead atoms. The van der Waals surface area contributed by atoms with E-state index in [1.807, 2.05) is 18.3 Å². The summed E-state index contributed by atoms with van der Waals surface area (Å²) in [5.41, 5.74) is 2.11. The van der Waals surface area contributed by atoms with Gasteiger partial charge in [-0.05, 0) is 29.9 Å². The van der Waals surface area contributed by atoms with Crippen LogP contribution < -0.4 is 0 Å². The molecule has 1 aromatic carbocycles.